The lowest BCUT2D eigenvalue weighted by Gasteiger charge is -2.50. The van der Waals surface area contributed by atoms with Crippen molar-refractivity contribution < 1.29 is 57.1 Å². The average Bonchev–Trinajstić information content (AvgIpc) is 2.81. The molecule has 230 valence electrons. The van der Waals surface area contributed by atoms with Gasteiger partial charge in [-0.2, -0.15) is 8.42 Å². The lowest BCUT2D eigenvalue weighted by molar-refractivity contribution is -0.148. The van der Waals surface area contributed by atoms with Crippen molar-refractivity contribution in [3.8, 4) is 5.75 Å². The third-order valence-electron chi connectivity index (χ3n) is 7.33. The van der Waals surface area contributed by atoms with Gasteiger partial charge in [-0.3, -0.25) is 33.2 Å². The molecule has 0 fully saturated rings. The van der Waals surface area contributed by atoms with Crippen molar-refractivity contribution in [2.75, 3.05) is 40.1 Å². The maximum atomic E-state index is 13.6. The molecule has 1 aromatic carbocycles. The largest absolute Gasteiger partial charge is 0.510 e. The zero-order valence-electron chi connectivity index (χ0n) is 23.0. The van der Waals surface area contributed by atoms with Crippen molar-refractivity contribution in [3.05, 3.63) is 45.9 Å². The molecule has 0 aromatic heterocycles. The van der Waals surface area contributed by atoms with Gasteiger partial charge in [-0.1, -0.05) is 6.07 Å². The van der Waals surface area contributed by atoms with E-state index in [-0.39, 0.29) is 36.2 Å². The Kier molecular flexibility index (Phi) is 8.88. The average molecular weight is 613 g/mol. The maximum Gasteiger partial charge on any atom is 0.394 e. The van der Waals surface area contributed by atoms with Crippen LogP contribution in [0, 0.1) is 11.8 Å². The highest BCUT2D eigenvalue weighted by atomic mass is 32.3. The molecule has 16 nitrogen and oxygen atoms in total. The number of hydrogen-bond acceptors (Lipinski definition) is 12. The fraction of sp³-hybridized carbons (Fsp3) is 0.440. The first-order valence-corrected chi connectivity index (χ1v) is 13.8. The molecule has 2 amide bonds. The second kappa shape index (κ2) is 11.4. The summed E-state index contributed by atoms with van der Waals surface area (Å²) in [5, 5.41) is 47.1. The summed E-state index contributed by atoms with van der Waals surface area (Å²) >= 11 is 0. The van der Waals surface area contributed by atoms with Gasteiger partial charge in [-0.05, 0) is 58.6 Å². The molecule has 3 aliphatic carbocycles. The van der Waals surface area contributed by atoms with Crippen molar-refractivity contribution in [1.82, 2.24) is 9.80 Å². The maximum absolute atomic E-state index is 13.6. The van der Waals surface area contributed by atoms with E-state index in [1.165, 1.54) is 11.0 Å². The van der Waals surface area contributed by atoms with Crippen LogP contribution in [0.4, 0.5) is 5.69 Å². The standard InChI is InChI=1S/C25H30N4O8.H2O4S/c1-28(2)9-14(30)27-13-6-5-10-7-11-8-12-18(29(3)4)21(33)17(24(26)36)23(35)25(12,37)22(34)16(11)20(32)15(10)19(13)31;1-5(2,3)4/h5-6,11-12,18,31,33-34,37H,7-9H2,1-4H3,(H2,26,36)(H,27,30);(H2,1,2,3,4)/t11?,12?,18-,25-;/m0./s1. The zero-order chi connectivity index (χ0) is 32.1. The Balaban J connectivity index is 0.000000892. The molecule has 0 saturated heterocycles. The molecule has 2 unspecified atom stereocenters. The van der Waals surface area contributed by atoms with Crippen molar-refractivity contribution in [2.45, 2.75) is 24.5 Å². The minimum absolute atomic E-state index is 0.00447. The van der Waals surface area contributed by atoms with E-state index >= 15 is 0 Å². The number of likely N-dealkylation sites (N-methyl/N-ethyl adjacent to an activating group) is 2. The summed E-state index contributed by atoms with van der Waals surface area (Å²) < 4.78 is 31.6. The number of rotatable bonds is 5. The highest BCUT2D eigenvalue weighted by Gasteiger charge is 2.63. The van der Waals surface area contributed by atoms with Gasteiger partial charge in [0.05, 0.1) is 23.8 Å². The number of phenolic OH excluding ortho intramolecular Hbond substituents is 1. The van der Waals surface area contributed by atoms with Gasteiger partial charge < -0.3 is 36.4 Å². The number of amides is 2. The van der Waals surface area contributed by atoms with Crippen LogP contribution in [-0.4, -0.2) is 118 Å². The summed E-state index contributed by atoms with van der Waals surface area (Å²) in [6.45, 7) is 0.0324. The number of carbonyl (C=O) groups excluding carboxylic acids is 4. The van der Waals surface area contributed by atoms with Crippen molar-refractivity contribution in [1.29, 1.82) is 0 Å². The number of allylic oxidation sites excluding steroid dienone is 1. The number of aliphatic hydroxyl groups excluding tert-OH is 2. The van der Waals surface area contributed by atoms with Gasteiger partial charge in [0.25, 0.3) is 5.91 Å². The van der Waals surface area contributed by atoms with Gasteiger partial charge in [0.15, 0.2) is 17.1 Å². The molecule has 42 heavy (non-hydrogen) atoms. The van der Waals surface area contributed by atoms with Crippen LogP contribution in [-0.2, 0) is 31.2 Å². The van der Waals surface area contributed by atoms with Gasteiger partial charge in [0, 0.05) is 11.5 Å². The monoisotopic (exact) mass is 612 g/mol. The first-order valence-electron chi connectivity index (χ1n) is 12.4. The van der Waals surface area contributed by atoms with Gasteiger partial charge in [-0.15, -0.1) is 0 Å². The number of nitrogens with one attached hydrogen (secondary N) is 1. The number of fused-ring (bicyclic) bond motifs is 3. The van der Waals surface area contributed by atoms with Crippen LogP contribution < -0.4 is 11.1 Å². The first-order chi connectivity index (χ1) is 19.2. The summed E-state index contributed by atoms with van der Waals surface area (Å²) in [7, 11) is 1.85. The Bertz CT molecular complexity index is 1520. The molecular weight excluding hydrogens is 580 g/mol. The highest BCUT2D eigenvalue weighted by molar-refractivity contribution is 7.79. The minimum atomic E-state index is -4.67. The number of primary amides is 1. The molecule has 9 N–H and O–H groups in total. The van der Waals surface area contributed by atoms with Crippen LogP contribution in [0.25, 0.3) is 0 Å². The molecule has 1 aromatic rings. The molecular formula is C25H32N4O12S. The van der Waals surface area contributed by atoms with Gasteiger partial charge in [-0.25, -0.2) is 0 Å². The quantitative estimate of drug-likeness (QED) is 0.112. The van der Waals surface area contributed by atoms with Crippen LogP contribution >= 0.6 is 0 Å². The fourth-order valence-electron chi connectivity index (χ4n) is 5.80. The second-order valence-corrected chi connectivity index (χ2v) is 11.6. The van der Waals surface area contributed by atoms with E-state index in [2.05, 4.69) is 5.32 Å². The van der Waals surface area contributed by atoms with E-state index in [0.29, 0.717) is 5.56 Å². The number of benzene rings is 1. The molecule has 4 rings (SSSR count). The number of aliphatic hydroxyl groups is 3. The number of aromatic hydroxyl groups is 1. The highest BCUT2D eigenvalue weighted by Crippen LogP contribution is 2.52. The lowest BCUT2D eigenvalue weighted by Crippen LogP contribution is -2.63. The Morgan fingerprint density at radius 1 is 1.10 bits per heavy atom. The molecule has 4 atom stereocenters. The van der Waals surface area contributed by atoms with Crippen molar-refractivity contribution in [2.24, 2.45) is 17.6 Å². The molecule has 0 saturated carbocycles. The molecule has 17 heteroatoms. The van der Waals surface area contributed by atoms with Crippen LogP contribution in [0.2, 0.25) is 0 Å². The minimum Gasteiger partial charge on any atom is -0.510 e. The third kappa shape index (κ3) is 5.87. The number of nitrogens with zero attached hydrogens (tertiary/aromatic N) is 2. The van der Waals surface area contributed by atoms with Crippen LogP contribution in [0.3, 0.4) is 0 Å². The van der Waals surface area contributed by atoms with E-state index in [4.69, 9.17) is 23.3 Å². The van der Waals surface area contributed by atoms with E-state index in [1.54, 1.807) is 39.2 Å². The SMILES string of the molecule is CN(C)CC(=O)Nc1ccc2c(c1O)C(=O)C1=C(O)[C@]3(O)C(=O)C(C(N)=O)=C(O)[C@@H](N(C)C)C3CC1C2.O=S(=O)(O)O. The summed E-state index contributed by atoms with van der Waals surface area (Å²) in [5.41, 5.74) is 1.80. The normalized spacial score (nSPS) is 25.4. The smallest absolute Gasteiger partial charge is 0.394 e. The molecule has 3 aliphatic rings. The summed E-state index contributed by atoms with van der Waals surface area (Å²) in [4.78, 5) is 54.3. The first kappa shape index (κ1) is 32.6. The van der Waals surface area contributed by atoms with E-state index in [1.807, 2.05) is 0 Å². The van der Waals surface area contributed by atoms with Gasteiger partial charge in [0.2, 0.25) is 11.7 Å². The van der Waals surface area contributed by atoms with E-state index in [0.717, 1.165) is 0 Å². The van der Waals surface area contributed by atoms with E-state index < -0.39 is 80.1 Å². The van der Waals surface area contributed by atoms with Crippen LogP contribution in [0.15, 0.2) is 34.8 Å². The number of phenols is 1. The number of carbonyl (C=O) groups is 4. The van der Waals surface area contributed by atoms with Crippen LogP contribution in [0.5, 0.6) is 5.75 Å². The lowest BCUT2D eigenvalue weighted by atomic mass is 9.58. The Morgan fingerprint density at radius 3 is 2.17 bits per heavy atom. The topological polar surface area (TPSA) is 268 Å². The van der Waals surface area contributed by atoms with Crippen molar-refractivity contribution >= 4 is 39.5 Å². The van der Waals surface area contributed by atoms with E-state index in [9.17, 15) is 39.6 Å². The number of anilines is 1. The number of ketones is 2. The van der Waals surface area contributed by atoms with Crippen molar-refractivity contribution in [3.63, 3.8) is 0 Å². The van der Waals surface area contributed by atoms with Crippen LogP contribution in [0.1, 0.15) is 22.3 Å². The predicted molar refractivity (Wildman–Crippen MR) is 145 cm³/mol. The van der Waals surface area contributed by atoms with Gasteiger partial charge in [0.1, 0.15) is 17.1 Å². The molecule has 0 spiro atoms. The number of Topliss-reactive ketones (excluding diaryl/α,β-unsaturated/α-hetero) is 2. The number of hydrogen-bond donors (Lipinski definition) is 8. The summed E-state index contributed by atoms with van der Waals surface area (Å²) in [5.74, 6) is -7.61. The Labute approximate surface area is 240 Å². The predicted octanol–water partition coefficient (Wildman–Crippen LogP) is -1.03. The molecule has 0 bridgehead atoms. The third-order valence-corrected chi connectivity index (χ3v) is 7.33. The Morgan fingerprint density at radius 2 is 1.67 bits per heavy atom. The second-order valence-electron chi connectivity index (χ2n) is 10.7. The Hall–Kier alpha value is -3.87. The van der Waals surface area contributed by atoms with Gasteiger partial charge >= 0.3 is 10.4 Å². The molecule has 0 heterocycles. The fourth-order valence-corrected chi connectivity index (χ4v) is 5.80. The summed E-state index contributed by atoms with van der Waals surface area (Å²) in [6.07, 6.45) is 0.182. The zero-order valence-corrected chi connectivity index (χ0v) is 23.8. The number of nitrogens with two attached hydrogens (primary N) is 1. The summed E-state index contributed by atoms with van der Waals surface area (Å²) in [6, 6.07) is 2.02. The molecule has 0 radical (unpaired) electrons. The molecule has 0 aliphatic heterocycles.